The standard InChI is InChI=1S/C13H16O6/c1-3-17-10-4-6-11(7-5-10)19-12(14)8-18-9(2)13(15)16/h4-7,9H,3,8H2,1-2H3,(H,15,16)/t9-/m0/s1. The maximum absolute atomic E-state index is 11.4. The maximum atomic E-state index is 11.4. The lowest BCUT2D eigenvalue weighted by atomic mass is 10.3. The summed E-state index contributed by atoms with van der Waals surface area (Å²) in [5.74, 6) is -0.760. The second-order valence-corrected chi connectivity index (χ2v) is 3.67. The number of aliphatic carboxylic acids is 1. The lowest BCUT2D eigenvalue weighted by molar-refractivity contribution is -0.153. The van der Waals surface area contributed by atoms with Crippen LogP contribution in [0.5, 0.6) is 11.5 Å². The van der Waals surface area contributed by atoms with Gasteiger partial charge in [0, 0.05) is 0 Å². The zero-order valence-corrected chi connectivity index (χ0v) is 10.8. The van der Waals surface area contributed by atoms with Crippen LogP contribution in [0.3, 0.4) is 0 Å². The van der Waals surface area contributed by atoms with Crippen LogP contribution in [0.4, 0.5) is 0 Å². The minimum atomic E-state index is -1.13. The molecule has 0 saturated heterocycles. The Morgan fingerprint density at radius 1 is 1.21 bits per heavy atom. The molecule has 0 unspecified atom stereocenters. The van der Waals surface area contributed by atoms with E-state index >= 15 is 0 Å². The number of hydrogen-bond acceptors (Lipinski definition) is 5. The predicted octanol–water partition coefficient (Wildman–Crippen LogP) is 1.48. The fourth-order valence-electron chi connectivity index (χ4n) is 1.20. The van der Waals surface area contributed by atoms with Crippen molar-refractivity contribution in [1.29, 1.82) is 0 Å². The normalized spacial score (nSPS) is 11.7. The molecule has 0 spiro atoms. The van der Waals surface area contributed by atoms with Gasteiger partial charge in [-0.3, -0.25) is 0 Å². The van der Waals surface area contributed by atoms with Crippen LogP contribution in [0.1, 0.15) is 13.8 Å². The Morgan fingerprint density at radius 3 is 2.32 bits per heavy atom. The Hall–Kier alpha value is -2.08. The maximum Gasteiger partial charge on any atom is 0.337 e. The summed E-state index contributed by atoms with van der Waals surface area (Å²) >= 11 is 0. The van der Waals surface area contributed by atoms with Gasteiger partial charge in [-0.15, -0.1) is 0 Å². The largest absolute Gasteiger partial charge is 0.494 e. The summed E-state index contributed by atoms with van der Waals surface area (Å²) in [6.07, 6.45) is -1.05. The second kappa shape index (κ2) is 7.38. The molecule has 1 atom stereocenters. The molecule has 0 aromatic heterocycles. The van der Waals surface area contributed by atoms with Gasteiger partial charge in [0.05, 0.1) is 6.61 Å². The van der Waals surface area contributed by atoms with Gasteiger partial charge < -0.3 is 19.3 Å². The highest BCUT2D eigenvalue weighted by Crippen LogP contribution is 2.17. The average molecular weight is 268 g/mol. The topological polar surface area (TPSA) is 82.1 Å². The number of carboxylic acid groups (broad SMARTS) is 1. The van der Waals surface area contributed by atoms with Crippen molar-refractivity contribution in [2.45, 2.75) is 20.0 Å². The van der Waals surface area contributed by atoms with Gasteiger partial charge in [-0.1, -0.05) is 0 Å². The number of carbonyl (C=O) groups is 2. The molecule has 0 heterocycles. The fourth-order valence-corrected chi connectivity index (χ4v) is 1.20. The Balaban J connectivity index is 2.41. The number of ether oxygens (including phenoxy) is 3. The first-order chi connectivity index (χ1) is 9.02. The number of benzene rings is 1. The van der Waals surface area contributed by atoms with Crippen LogP contribution in [0.25, 0.3) is 0 Å². The molecule has 0 bridgehead atoms. The van der Waals surface area contributed by atoms with Gasteiger partial charge in [-0.25, -0.2) is 9.59 Å². The Bertz CT molecular complexity index is 425. The van der Waals surface area contributed by atoms with E-state index < -0.39 is 24.6 Å². The number of hydrogen-bond donors (Lipinski definition) is 1. The van der Waals surface area contributed by atoms with Crippen molar-refractivity contribution in [2.24, 2.45) is 0 Å². The molecule has 0 fully saturated rings. The predicted molar refractivity (Wildman–Crippen MR) is 66.3 cm³/mol. The zero-order chi connectivity index (χ0) is 14.3. The van der Waals surface area contributed by atoms with Crippen LogP contribution in [-0.4, -0.2) is 36.4 Å². The fraction of sp³-hybridized carbons (Fsp3) is 0.385. The first-order valence-corrected chi connectivity index (χ1v) is 5.81. The van der Waals surface area contributed by atoms with E-state index in [9.17, 15) is 9.59 Å². The molecule has 0 amide bonds. The molecule has 6 heteroatoms. The SMILES string of the molecule is CCOc1ccc(OC(=O)CO[C@@H](C)C(=O)O)cc1. The van der Waals surface area contributed by atoms with Crippen molar-refractivity contribution in [2.75, 3.05) is 13.2 Å². The number of rotatable bonds is 7. The lowest BCUT2D eigenvalue weighted by Crippen LogP contribution is -2.25. The molecular weight excluding hydrogens is 252 g/mol. The van der Waals surface area contributed by atoms with Crippen molar-refractivity contribution in [3.05, 3.63) is 24.3 Å². The Labute approximate surface area is 110 Å². The van der Waals surface area contributed by atoms with Crippen LogP contribution >= 0.6 is 0 Å². The molecule has 104 valence electrons. The van der Waals surface area contributed by atoms with Crippen molar-refractivity contribution in [3.8, 4) is 11.5 Å². The van der Waals surface area contributed by atoms with E-state index in [0.717, 1.165) is 0 Å². The van der Waals surface area contributed by atoms with Crippen LogP contribution in [-0.2, 0) is 14.3 Å². The van der Waals surface area contributed by atoms with Crippen molar-refractivity contribution in [3.63, 3.8) is 0 Å². The Morgan fingerprint density at radius 2 is 1.79 bits per heavy atom. The molecular formula is C13H16O6. The van der Waals surface area contributed by atoms with Crippen LogP contribution < -0.4 is 9.47 Å². The van der Waals surface area contributed by atoms with E-state index in [0.29, 0.717) is 18.1 Å². The van der Waals surface area contributed by atoms with E-state index in [1.165, 1.54) is 6.92 Å². The molecule has 1 aromatic carbocycles. The molecule has 19 heavy (non-hydrogen) atoms. The molecule has 1 aromatic rings. The molecule has 1 N–H and O–H groups in total. The highest BCUT2D eigenvalue weighted by Gasteiger charge is 2.14. The summed E-state index contributed by atoms with van der Waals surface area (Å²) in [6, 6.07) is 6.52. The third-order valence-corrected chi connectivity index (χ3v) is 2.17. The Kier molecular flexibility index (Phi) is 5.81. The van der Waals surface area contributed by atoms with Gasteiger partial charge >= 0.3 is 11.9 Å². The molecule has 0 saturated carbocycles. The highest BCUT2D eigenvalue weighted by molar-refractivity contribution is 5.75. The van der Waals surface area contributed by atoms with Gasteiger partial charge in [0.25, 0.3) is 0 Å². The van der Waals surface area contributed by atoms with Gasteiger partial charge in [0.2, 0.25) is 0 Å². The van der Waals surface area contributed by atoms with E-state index in [-0.39, 0.29) is 0 Å². The first kappa shape index (κ1) is 15.0. The van der Waals surface area contributed by atoms with E-state index in [1.807, 2.05) is 6.92 Å². The zero-order valence-electron chi connectivity index (χ0n) is 10.8. The minimum absolute atomic E-state index is 0.347. The van der Waals surface area contributed by atoms with E-state index in [2.05, 4.69) is 0 Å². The third-order valence-electron chi connectivity index (χ3n) is 2.17. The molecule has 1 rings (SSSR count). The molecule has 0 aliphatic carbocycles. The van der Waals surface area contributed by atoms with Crippen molar-refractivity contribution in [1.82, 2.24) is 0 Å². The smallest absolute Gasteiger partial charge is 0.337 e. The van der Waals surface area contributed by atoms with Gasteiger partial charge in [0.15, 0.2) is 6.10 Å². The summed E-state index contributed by atoms with van der Waals surface area (Å²) in [7, 11) is 0. The van der Waals surface area contributed by atoms with Crippen LogP contribution in [0.2, 0.25) is 0 Å². The monoisotopic (exact) mass is 268 g/mol. The summed E-state index contributed by atoms with van der Waals surface area (Å²) in [6.45, 7) is 3.35. The average Bonchev–Trinajstić information content (AvgIpc) is 2.38. The van der Waals surface area contributed by atoms with Gasteiger partial charge in [-0.05, 0) is 38.1 Å². The van der Waals surface area contributed by atoms with Crippen molar-refractivity contribution < 1.29 is 28.9 Å². The summed E-state index contributed by atoms with van der Waals surface area (Å²) in [4.78, 5) is 21.9. The quantitative estimate of drug-likeness (QED) is 0.596. The van der Waals surface area contributed by atoms with Crippen LogP contribution in [0.15, 0.2) is 24.3 Å². The van der Waals surface area contributed by atoms with Gasteiger partial charge in [-0.2, -0.15) is 0 Å². The minimum Gasteiger partial charge on any atom is -0.494 e. The molecule has 0 aliphatic heterocycles. The first-order valence-electron chi connectivity index (χ1n) is 5.81. The molecule has 0 radical (unpaired) electrons. The molecule has 6 nitrogen and oxygen atoms in total. The highest BCUT2D eigenvalue weighted by atomic mass is 16.6. The summed E-state index contributed by atoms with van der Waals surface area (Å²) in [5.41, 5.74) is 0. The third kappa shape index (κ3) is 5.39. The number of carboxylic acids is 1. The summed E-state index contributed by atoms with van der Waals surface area (Å²) < 4.78 is 15.0. The van der Waals surface area contributed by atoms with E-state index in [1.54, 1.807) is 24.3 Å². The number of carbonyl (C=O) groups excluding carboxylic acids is 1. The number of esters is 1. The van der Waals surface area contributed by atoms with Crippen LogP contribution in [0, 0.1) is 0 Å². The molecule has 0 aliphatic rings. The van der Waals surface area contributed by atoms with E-state index in [4.69, 9.17) is 19.3 Å². The van der Waals surface area contributed by atoms with Crippen molar-refractivity contribution >= 4 is 11.9 Å². The lowest BCUT2D eigenvalue weighted by Gasteiger charge is -2.08. The summed E-state index contributed by atoms with van der Waals surface area (Å²) in [5, 5.41) is 8.57. The van der Waals surface area contributed by atoms with Gasteiger partial charge in [0.1, 0.15) is 18.1 Å². The second-order valence-electron chi connectivity index (χ2n) is 3.67.